The van der Waals surface area contributed by atoms with Gasteiger partial charge in [0, 0.05) is 0 Å². The van der Waals surface area contributed by atoms with Gasteiger partial charge in [-0.25, -0.2) is 0 Å². The van der Waals surface area contributed by atoms with Crippen LogP contribution in [0.15, 0.2) is 18.2 Å². The zero-order valence-electron chi connectivity index (χ0n) is 11.5. The van der Waals surface area contributed by atoms with Crippen LogP contribution in [-0.4, -0.2) is 29.8 Å². The summed E-state index contributed by atoms with van der Waals surface area (Å²) in [6, 6.07) is 6.00. The van der Waals surface area contributed by atoms with E-state index in [0.717, 1.165) is 30.2 Å². The van der Waals surface area contributed by atoms with Gasteiger partial charge in [0.1, 0.15) is 0 Å². The summed E-state index contributed by atoms with van der Waals surface area (Å²) in [6.45, 7) is 2.40. The van der Waals surface area contributed by atoms with E-state index in [1.807, 2.05) is 18.2 Å². The maximum absolute atomic E-state index is 6.01. The molecule has 0 aliphatic carbocycles. The first-order valence-electron chi connectivity index (χ1n) is 7.18. The lowest BCUT2D eigenvalue weighted by atomic mass is 10.0. The number of likely N-dealkylation sites (tertiary alicyclic amines) is 1. The molecule has 1 fully saturated rings. The molecular weight excluding hydrogens is 272 g/mol. The van der Waals surface area contributed by atoms with Crippen molar-refractivity contribution in [2.75, 3.05) is 19.9 Å². The van der Waals surface area contributed by atoms with E-state index >= 15 is 0 Å². The highest BCUT2D eigenvalue weighted by molar-refractivity contribution is 7.80. The minimum atomic E-state index is -0.00222. The maximum atomic E-state index is 6.01. The lowest BCUT2D eigenvalue weighted by Gasteiger charge is -2.30. The van der Waals surface area contributed by atoms with E-state index in [4.69, 9.17) is 27.4 Å². The van der Waals surface area contributed by atoms with Gasteiger partial charge in [-0.2, -0.15) is 0 Å². The molecule has 20 heavy (non-hydrogen) atoms. The van der Waals surface area contributed by atoms with E-state index in [1.165, 1.54) is 25.7 Å². The quantitative estimate of drug-likeness (QED) is 0.868. The van der Waals surface area contributed by atoms with Crippen molar-refractivity contribution in [3.63, 3.8) is 0 Å². The number of hydrogen-bond donors (Lipinski definition) is 1. The average molecular weight is 292 g/mol. The number of nitrogens with zero attached hydrogens (tertiary/aromatic N) is 1. The molecule has 0 aromatic heterocycles. The summed E-state index contributed by atoms with van der Waals surface area (Å²) in [5.74, 6) is 1.59. The third-order valence-electron chi connectivity index (χ3n) is 3.99. The van der Waals surface area contributed by atoms with Crippen LogP contribution in [0.2, 0.25) is 0 Å². The number of hydrogen-bond acceptors (Lipinski definition) is 4. The monoisotopic (exact) mass is 292 g/mol. The van der Waals surface area contributed by atoms with Gasteiger partial charge in [0.25, 0.3) is 0 Å². The first-order valence-corrected chi connectivity index (χ1v) is 7.59. The van der Waals surface area contributed by atoms with E-state index in [1.54, 1.807) is 0 Å². The fourth-order valence-electron chi connectivity index (χ4n) is 2.99. The molecule has 1 saturated heterocycles. The second-order valence-electron chi connectivity index (χ2n) is 5.37. The molecule has 5 heteroatoms. The Morgan fingerprint density at radius 1 is 1.10 bits per heavy atom. The molecule has 1 atom stereocenters. The van der Waals surface area contributed by atoms with Gasteiger partial charge in [0.2, 0.25) is 6.79 Å². The molecule has 0 bridgehead atoms. The molecule has 1 aromatic carbocycles. The summed E-state index contributed by atoms with van der Waals surface area (Å²) < 4.78 is 10.8. The lowest BCUT2D eigenvalue weighted by molar-refractivity contribution is 0.174. The van der Waals surface area contributed by atoms with Crippen molar-refractivity contribution in [1.82, 2.24) is 4.90 Å². The van der Waals surface area contributed by atoms with Crippen LogP contribution in [-0.2, 0) is 0 Å². The van der Waals surface area contributed by atoms with E-state index in [-0.39, 0.29) is 6.04 Å². The van der Waals surface area contributed by atoms with Gasteiger partial charge in [0.15, 0.2) is 11.5 Å². The highest BCUT2D eigenvalue weighted by Gasteiger charge is 2.25. The molecule has 4 nitrogen and oxygen atoms in total. The number of benzene rings is 1. The normalized spacial score (nSPS) is 20.4. The van der Waals surface area contributed by atoms with Crippen LogP contribution in [0.25, 0.3) is 0 Å². The van der Waals surface area contributed by atoms with Gasteiger partial charge in [-0.3, -0.25) is 4.90 Å². The number of rotatable bonds is 3. The van der Waals surface area contributed by atoms with E-state index in [2.05, 4.69) is 4.90 Å². The van der Waals surface area contributed by atoms with Crippen molar-refractivity contribution in [2.24, 2.45) is 5.73 Å². The SMILES string of the molecule is NC(=S)C(c1ccc2c(c1)OCO2)N1CCCCCC1. The Morgan fingerprint density at radius 3 is 2.50 bits per heavy atom. The standard InChI is InChI=1S/C15H20N2O2S/c16-15(20)14(17-7-3-1-2-4-8-17)11-5-6-12-13(9-11)19-10-18-12/h5-6,9,14H,1-4,7-8,10H2,(H2,16,20). The predicted octanol–water partition coefficient (Wildman–Crippen LogP) is 2.62. The van der Waals surface area contributed by atoms with Gasteiger partial charge in [0.05, 0.1) is 11.0 Å². The highest BCUT2D eigenvalue weighted by Crippen LogP contribution is 2.36. The Kier molecular flexibility index (Phi) is 4.08. The van der Waals surface area contributed by atoms with Gasteiger partial charge in [-0.1, -0.05) is 31.1 Å². The lowest BCUT2D eigenvalue weighted by Crippen LogP contribution is -2.37. The molecule has 0 amide bonds. The first kappa shape index (κ1) is 13.6. The van der Waals surface area contributed by atoms with Crippen LogP contribution in [0, 0.1) is 0 Å². The van der Waals surface area contributed by atoms with Crippen molar-refractivity contribution >= 4 is 17.2 Å². The Bertz CT molecular complexity index is 499. The number of thiocarbonyl (C=S) groups is 1. The second-order valence-corrected chi connectivity index (χ2v) is 5.84. The van der Waals surface area contributed by atoms with E-state index in [0.29, 0.717) is 11.8 Å². The third-order valence-corrected chi connectivity index (χ3v) is 4.21. The van der Waals surface area contributed by atoms with Crippen LogP contribution in [0.5, 0.6) is 11.5 Å². The number of fused-ring (bicyclic) bond motifs is 1. The maximum Gasteiger partial charge on any atom is 0.231 e. The summed E-state index contributed by atoms with van der Waals surface area (Å²) in [4.78, 5) is 2.93. The van der Waals surface area contributed by atoms with Crippen molar-refractivity contribution in [1.29, 1.82) is 0 Å². The molecule has 2 aliphatic rings. The predicted molar refractivity (Wildman–Crippen MR) is 82.1 cm³/mol. The molecule has 2 heterocycles. The summed E-state index contributed by atoms with van der Waals surface area (Å²) in [5, 5.41) is 0. The largest absolute Gasteiger partial charge is 0.454 e. The molecule has 1 unspecified atom stereocenters. The summed E-state index contributed by atoms with van der Waals surface area (Å²) in [7, 11) is 0. The van der Waals surface area contributed by atoms with Crippen molar-refractivity contribution < 1.29 is 9.47 Å². The fraction of sp³-hybridized carbons (Fsp3) is 0.533. The molecule has 2 aliphatic heterocycles. The second kappa shape index (κ2) is 5.97. The van der Waals surface area contributed by atoms with E-state index < -0.39 is 0 Å². The summed E-state index contributed by atoms with van der Waals surface area (Å²) in [6.07, 6.45) is 5.01. The van der Waals surface area contributed by atoms with Crippen molar-refractivity contribution in [3.8, 4) is 11.5 Å². The summed E-state index contributed by atoms with van der Waals surface area (Å²) in [5.41, 5.74) is 7.11. The van der Waals surface area contributed by atoms with Crippen LogP contribution in [0.1, 0.15) is 37.3 Å². The molecule has 1 aromatic rings. The van der Waals surface area contributed by atoms with Gasteiger partial charge in [-0.05, 0) is 43.6 Å². The molecule has 108 valence electrons. The minimum absolute atomic E-state index is 0.00222. The van der Waals surface area contributed by atoms with Gasteiger partial charge in [-0.15, -0.1) is 0 Å². The Balaban J connectivity index is 1.87. The molecule has 0 saturated carbocycles. The van der Waals surface area contributed by atoms with Crippen LogP contribution in [0.3, 0.4) is 0 Å². The summed E-state index contributed by atoms with van der Waals surface area (Å²) >= 11 is 5.32. The number of ether oxygens (including phenoxy) is 2. The fourth-order valence-corrected chi connectivity index (χ4v) is 3.28. The third kappa shape index (κ3) is 2.74. The Labute approximate surface area is 124 Å². The number of nitrogens with two attached hydrogens (primary N) is 1. The topological polar surface area (TPSA) is 47.7 Å². The molecule has 3 rings (SSSR count). The van der Waals surface area contributed by atoms with Crippen molar-refractivity contribution in [2.45, 2.75) is 31.7 Å². The van der Waals surface area contributed by atoms with E-state index in [9.17, 15) is 0 Å². The zero-order chi connectivity index (χ0) is 13.9. The highest BCUT2D eigenvalue weighted by atomic mass is 32.1. The molecule has 2 N–H and O–H groups in total. The van der Waals surface area contributed by atoms with Crippen LogP contribution < -0.4 is 15.2 Å². The van der Waals surface area contributed by atoms with Crippen LogP contribution >= 0.6 is 12.2 Å². The van der Waals surface area contributed by atoms with Crippen molar-refractivity contribution in [3.05, 3.63) is 23.8 Å². The molecule has 0 spiro atoms. The molecule has 0 radical (unpaired) electrons. The van der Waals surface area contributed by atoms with Gasteiger partial charge >= 0.3 is 0 Å². The first-order chi connectivity index (χ1) is 9.75. The Hall–Kier alpha value is -1.33. The average Bonchev–Trinajstić information content (AvgIpc) is 2.73. The Morgan fingerprint density at radius 2 is 1.80 bits per heavy atom. The zero-order valence-corrected chi connectivity index (χ0v) is 12.3. The minimum Gasteiger partial charge on any atom is -0.454 e. The smallest absolute Gasteiger partial charge is 0.231 e. The van der Waals surface area contributed by atoms with Crippen LogP contribution in [0.4, 0.5) is 0 Å². The van der Waals surface area contributed by atoms with Gasteiger partial charge < -0.3 is 15.2 Å². The molecular formula is C15H20N2O2S.